The van der Waals surface area contributed by atoms with Gasteiger partial charge >= 0.3 is 0 Å². The molecule has 27 heavy (non-hydrogen) atoms. The Morgan fingerprint density at radius 2 is 2.00 bits per heavy atom. The number of rotatable bonds is 7. The van der Waals surface area contributed by atoms with Crippen molar-refractivity contribution in [2.24, 2.45) is 0 Å². The molecule has 0 saturated heterocycles. The molecule has 0 bridgehead atoms. The number of benzene rings is 2. The van der Waals surface area contributed by atoms with Crippen LogP contribution < -0.4 is 5.32 Å². The molecule has 0 spiro atoms. The molecule has 0 unspecified atom stereocenters. The lowest BCUT2D eigenvalue weighted by molar-refractivity contribution is -0.127. The average Bonchev–Trinajstić information content (AvgIpc) is 3.09. The average molecular weight is 406 g/mol. The third kappa shape index (κ3) is 5.48. The zero-order valence-electron chi connectivity index (χ0n) is 14.4. The Labute approximate surface area is 163 Å². The highest BCUT2D eigenvalue weighted by Gasteiger charge is 2.14. The summed E-state index contributed by atoms with van der Waals surface area (Å²) in [6.45, 7) is 0.203. The molecular formula is C18H16F2N4OS2. The highest BCUT2D eigenvalue weighted by molar-refractivity contribution is 8.01. The molecule has 0 aliphatic rings. The third-order valence-corrected chi connectivity index (χ3v) is 5.55. The molecule has 5 nitrogen and oxygen atoms in total. The summed E-state index contributed by atoms with van der Waals surface area (Å²) in [6.07, 6.45) is 0. The zero-order valence-corrected chi connectivity index (χ0v) is 16.0. The number of nitrogens with one attached hydrogen (secondary N) is 1. The van der Waals surface area contributed by atoms with Crippen LogP contribution in [-0.4, -0.2) is 33.8 Å². The van der Waals surface area contributed by atoms with E-state index in [9.17, 15) is 13.6 Å². The van der Waals surface area contributed by atoms with Crippen LogP contribution in [0.5, 0.6) is 0 Å². The lowest BCUT2D eigenvalue weighted by atomic mass is 10.2. The van der Waals surface area contributed by atoms with Crippen LogP contribution >= 0.6 is 23.1 Å². The minimum Gasteiger partial charge on any atom is -0.341 e. The maximum Gasteiger partial charge on any atom is 0.233 e. The second kappa shape index (κ2) is 8.92. The van der Waals surface area contributed by atoms with Gasteiger partial charge in [0.1, 0.15) is 11.6 Å². The molecule has 3 rings (SSSR count). The molecule has 0 saturated carbocycles. The Morgan fingerprint density at radius 3 is 2.78 bits per heavy atom. The summed E-state index contributed by atoms with van der Waals surface area (Å²) in [7, 11) is 1.63. The first-order valence-electron chi connectivity index (χ1n) is 7.97. The summed E-state index contributed by atoms with van der Waals surface area (Å²) < 4.78 is 27.5. The summed E-state index contributed by atoms with van der Waals surface area (Å²) in [5, 5.41) is 11.5. The monoisotopic (exact) mass is 406 g/mol. The van der Waals surface area contributed by atoms with E-state index in [4.69, 9.17) is 0 Å². The molecular weight excluding hydrogens is 390 g/mol. The quantitative estimate of drug-likeness (QED) is 0.593. The zero-order chi connectivity index (χ0) is 19.2. The van der Waals surface area contributed by atoms with E-state index in [1.54, 1.807) is 37.4 Å². The molecule has 0 fully saturated rings. The number of thioether (sulfide) groups is 1. The predicted octanol–water partition coefficient (Wildman–Crippen LogP) is 4.31. The number of hydrogen-bond donors (Lipinski definition) is 1. The minimum atomic E-state index is -0.345. The normalized spacial score (nSPS) is 10.6. The molecule has 1 N–H and O–H groups in total. The van der Waals surface area contributed by atoms with Crippen molar-refractivity contribution in [2.75, 3.05) is 18.1 Å². The van der Waals surface area contributed by atoms with Crippen LogP contribution in [0, 0.1) is 11.6 Å². The van der Waals surface area contributed by atoms with Gasteiger partial charge in [0.25, 0.3) is 0 Å². The van der Waals surface area contributed by atoms with Gasteiger partial charge in [-0.15, -0.1) is 10.2 Å². The van der Waals surface area contributed by atoms with Crippen molar-refractivity contribution < 1.29 is 13.6 Å². The van der Waals surface area contributed by atoms with Crippen LogP contribution in [0.1, 0.15) is 5.56 Å². The maximum absolute atomic E-state index is 13.7. The van der Waals surface area contributed by atoms with E-state index >= 15 is 0 Å². The van der Waals surface area contributed by atoms with Gasteiger partial charge < -0.3 is 10.2 Å². The molecule has 1 heterocycles. The maximum atomic E-state index is 13.7. The van der Waals surface area contributed by atoms with Gasteiger partial charge in [-0.05, 0) is 24.3 Å². The number of aromatic nitrogens is 2. The molecule has 2 aromatic carbocycles. The number of halogens is 2. The standard InChI is InChI=1S/C18H16F2N4OS2/c1-24(10-12-5-2-3-8-15(12)20)16(25)11-26-18-23-22-17(27-18)21-14-7-4-6-13(19)9-14/h2-9H,10-11H2,1H3,(H,21,22). The van der Waals surface area contributed by atoms with E-state index in [0.717, 1.165) is 0 Å². The number of carbonyl (C=O) groups is 1. The molecule has 0 radical (unpaired) electrons. The Hall–Kier alpha value is -2.52. The van der Waals surface area contributed by atoms with E-state index in [1.165, 1.54) is 46.2 Å². The third-order valence-electron chi connectivity index (χ3n) is 3.59. The van der Waals surface area contributed by atoms with E-state index < -0.39 is 0 Å². The van der Waals surface area contributed by atoms with Gasteiger partial charge in [0, 0.05) is 24.8 Å². The highest BCUT2D eigenvalue weighted by atomic mass is 32.2. The first-order chi connectivity index (χ1) is 13.0. The Morgan fingerprint density at radius 1 is 1.19 bits per heavy atom. The topological polar surface area (TPSA) is 58.1 Å². The largest absolute Gasteiger partial charge is 0.341 e. The number of carbonyl (C=O) groups excluding carboxylic acids is 1. The van der Waals surface area contributed by atoms with Gasteiger partial charge in [0.15, 0.2) is 4.34 Å². The first kappa shape index (κ1) is 19.2. The Kier molecular flexibility index (Phi) is 6.36. The van der Waals surface area contributed by atoms with Gasteiger partial charge in [-0.25, -0.2) is 8.78 Å². The molecule has 140 valence electrons. The van der Waals surface area contributed by atoms with E-state index in [1.807, 2.05) is 0 Å². The Balaban J connectivity index is 1.52. The summed E-state index contributed by atoms with van der Waals surface area (Å²) in [4.78, 5) is 13.7. The molecule has 1 aromatic heterocycles. The van der Waals surface area contributed by atoms with Crippen molar-refractivity contribution in [1.82, 2.24) is 15.1 Å². The van der Waals surface area contributed by atoms with Crippen LogP contribution in [0.3, 0.4) is 0 Å². The van der Waals surface area contributed by atoms with Crippen molar-refractivity contribution in [3.63, 3.8) is 0 Å². The van der Waals surface area contributed by atoms with Gasteiger partial charge in [-0.3, -0.25) is 4.79 Å². The first-order valence-corrected chi connectivity index (χ1v) is 9.78. The van der Waals surface area contributed by atoms with E-state index in [-0.39, 0.29) is 29.8 Å². The number of amides is 1. The fraction of sp³-hybridized carbons (Fsp3) is 0.167. The summed E-state index contributed by atoms with van der Waals surface area (Å²) in [5.41, 5.74) is 1.04. The Bertz CT molecular complexity index is 935. The fourth-order valence-corrected chi connectivity index (χ4v) is 3.93. The molecule has 0 atom stereocenters. The summed E-state index contributed by atoms with van der Waals surface area (Å²) >= 11 is 2.52. The number of anilines is 2. The lowest BCUT2D eigenvalue weighted by Gasteiger charge is -2.17. The molecule has 0 aliphatic carbocycles. The highest BCUT2D eigenvalue weighted by Crippen LogP contribution is 2.28. The molecule has 1 amide bonds. The van der Waals surface area contributed by atoms with Crippen LogP contribution in [0.25, 0.3) is 0 Å². The van der Waals surface area contributed by atoms with Crippen LogP contribution in [-0.2, 0) is 11.3 Å². The van der Waals surface area contributed by atoms with Crippen molar-refractivity contribution in [3.8, 4) is 0 Å². The lowest BCUT2D eigenvalue weighted by Crippen LogP contribution is -2.28. The number of hydrogen-bond acceptors (Lipinski definition) is 6. The van der Waals surface area contributed by atoms with Crippen molar-refractivity contribution in [2.45, 2.75) is 10.9 Å². The van der Waals surface area contributed by atoms with Crippen LogP contribution in [0.4, 0.5) is 19.6 Å². The molecule has 9 heteroatoms. The summed E-state index contributed by atoms with van der Waals surface area (Å²) in [6, 6.07) is 12.4. The predicted molar refractivity (Wildman–Crippen MR) is 103 cm³/mol. The second-order valence-electron chi connectivity index (χ2n) is 5.64. The van der Waals surface area contributed by atoms with Crippen molar-refractivity contribution in [3.05, 3.63) is 65.7 Å². The van der Waals surface area contributed by atoms with Gasteiger partial charge in [-0.2, -0.15) is 0 Å². The minimum absolute atomic E-state index is 0.141. The SMILES string of the molecule is CN(Cc1ccccc1F)C(=O)CSc1nnc(Nc2cccc(F)c2)s1. The van der Waals surface area contributed by atoms with Crippen LogP contribution in [0.2, 0.25) is 0 Å². The smallest absolute Gasteiger partial charge is 0.233 e. The molecule has 3 aromatic rings. The van der Waals surface area contributed by atoms with Gasteiger partial charge in [-0.1, -0.05) is 47.4 Å². The van der Waals surface area contributed by atoms with Crippen LogP contribution in [0.15, 0.2) is 52.9 Å². The van der Waals surface area contributed by atoms with E-state index in [0.29, 0.717) is 20.7 Å². The van der Waals surface area contributed by atoms with E-state index in [2.05, 4.69) is 15.5 Å². The fourth-order valence-electron chi connectivity index (χ4n) is 2.21. The molecule has 0 aliphatic heterocycles. The number of nitrogens with zero attached hydrogens (tertiary/aromatic N) is 3. The van der Waals surface area contributed by atoms with Crippen molar-refractivity contribution >= 4 is 39.8 Å². The van der Waals surface area contributed by atoms with Crippen molar-refractivity contribution in [1.29, 1.82) is 0 Å². The van der Waals surface area contributed by atoms with Gasteiger partial charge in [0.05, 0.1) is 5.75 Å². The van der Waals surface area contributed by atoms with Gasteiger partial charge in [0.2, 0.25) is 11.0 Å². The summed E-state index contributed by atoms with van der Waals surface area (Å²) in [5.74, 6) is -0.651. The second-order valence-corrected chi connectivity index (χ2v) is 7.84.